The normalized spacial score (nSPS) is 9.50. The topological polar surface area (TPSA) is 0 Å². The fraction of sp³-hybridized carbons (Fsp3) is 0.231. The van der Waals surface area contributed by atoms with Gasteiger partial charge in [0.2, 0.25) is 0 Å². The van der Waals surface area contributed by atoms with Crippen LogP contribution in [0.5, 0.6) is 0 Å². The number of hydrogen-bond donors (Lipinski definition) is 0. The summed E-state index contributed by atoms with van der Waals surface area (Å²) in [6.45, 7) is 17.6. The van der Waals surface area contributed by atoms with Gasteiger partial charge in [0.1, 0.15) is 0 Å². The van der Waals surface area contributed by atoms with Crippen LogP contribution in [0.2, 0.25) is 0 Å². The second kappa shape index (κ2) is 10.3. The van der Waals surface area contributed by atoms with Gasteiger partial charge in [-0.05, 0) is 25.0 Å². The molecule has 1 heteroatoms. The number of alkyl halides is 1. The summed E-state index contributed by atoms with van der Waals surface area (Å²) in [7, 11) is 0. The molecule has 0 N–H and O–H groups in total. The van der Waals surface area contributed by atoms with Gasteiger partial charge < -0.3 is 0 Å². The molecule has 0 aromatic rings. The minimum absolute atomic E-state index is 0.834. The van der Waals surface area contributed by atoms with Gasteiger partial charge in [0.25, 0.3) is 0 Å². The van der Waals surface area contributed by atoms with Gasteiger partial charge in [0.05, 0.1) is 0 Å². The Bertz CT molecular complexity index is 240. The van der Waals surface area contributed by atoms with Crippen LogP contribution in [-0.4, -0.2) is 5.33 Å². The van der Waals surface area contributed by atoms with E-state index in [1.54, 1.807) is 0 Å². The zero-order valence-electron chi connectivity index (χ0n) is 9.15. The molecular weight excluding hydrogens is 236 g/mol. The van der Waals surface area contributed by atoms with E-state index in [1.807, 2.05) is 12.2 Å². The van der Waals surface area contributed by atoms with Crippen molar-refractivity contribution >= 4 is 15.9 Å². The van der Waals surface area contributed by atoms with Gasteiger partial charge in [0, 0.05) is 5.33 Å². The minimum Gasteiger partial charge on any atom is -0.106 e. The lowest BCUT2D eigenvalue weighted by Gasteiger charge is -2.00. The minimum atomic E-state index is 0.834. The Labute approximate surface area is 96.5 Å². The first-order valence-corrected chi connectivity index (χ1v) is 5.46. The lowest BCUT2D eigenvalue weighted by atomic mass is 10.1. The van der Waals surface area contributed by atoms with Crippen molar-refractivity contribution in [2.24, 2.45) is 0 Å². The second-order valence-electron chi connectivity index (χ2n) is 2.72. The summed E-state index contributed by atoms with van der Waals surface area (Å²) in [5, 5.41) is 0.834. The van der Waals surface area contributed by atoms with Crippen molar-refractivity contribution in [2.75, 3.05) is 5.33 Å². The number of hydrogen-bond acceptors (Lipinski definition) is 0. The molecule has 14 heavy (non-hydrogen) atoms. The third-order valence-corrected chi connectivity index (χ3v) is 2.20. The molecule has 0 amide bonds. The van der Waals surface area contributed by atoms with Crippen molar-refractivity contribution in [1.29, 1.82) is 0 Å². The van der Waals surface area contributed by atoms with Gasteiger partial charge in [-0.25, -0.2) is 0 Å². The Hall–Kier alpha value is -0.820. The summed E-state index contributed by atoms with van der Waals surface area (Å²) in [4.78, 5) is 0. The van der Waals surface area contributed by atoms with E-state index < -0.39 is 0 Å². The van der Waals surface area contributed by atoms with Gasteiger partial charge in [-0.3, -0.25) is 0 Å². The van der Waals surface area contributed by atoms with Gasteiger partial charge in [0.15, 0.2) is 0 Å². The third kappa shape index (κ3) is 6.67. The molecule has 0 nitrogen and oxygen atoms in total. The quantitative estimate of drug-likeness (QED) is 0.384. The van der Waals surface area contributed by atoms with Crippen molar-refractivity contribution < 1.29 is 0 Å². The fourth-order valence-corrected chi connectivity index (χ4v) is 1.15. The Morgan fingerprint density at radius 3 is 1.86 bits per heavy atom. The standard InChI is InChI=1S/C11H15Br.C2H4/c1-5-10(8-12)7-11(6-2)9(3)4;1-2/h5-7H,1-2,8H2,3-4H3;1-2H2/b10-7+;. The van der Waals surface area contributed by atoms with Crippen LogP contribution in [0.1, 0.15) is 13.8 Å². The first-order chi connectivity index (χ1) is 6.65. The van der Waals surface area contributed by atoms with Crippen LogP contribution in [-0.2, 0) is 0 Å². The maximum absolute atomic E-state index is 3.75. The van der Waals surface area contributed by atoms with Gasteiger partial charge in [-0.15, -0.1) is 13.2 Å². The molecule has 0 atom stereocenters. The summed E-state index contributed by atoms with van der Waals surface area (Å²) < 4.78 is 0. The van der Waals surface area contributed by atoms with Crippen LogP contribution in [0, 0.1) is 0 Å². The lowest BCUT2D eigenvalue weighted by Crippen LogP contribution is -1.82. The zero-order valence-corrected chi connectivity index (χ0v) is 10.7. The van der Waals surface area contributed by atoms with Crippen molar-refractivity contribution in [2.45, 2.75) is 13.8 Å². The van der Waals surface area contributed by atoms with E-state index in [1.165, 1.54) is 16.7 Å². The molecule has 0 bridgehead atoms. The van der Waals surface area contributed by atoms with E-state index in [9.17, 15) is 0 Å². The molecule has 0 aromatic heterocycles. The average Bonchev–Trinajstić information content (AvgIpc) is 2.22. The molecule has 0 fully saturated rings. The number of allylic oxidation sites excluding steroid dienone is 6. The first-order valence-electron chi connectivity index (χ1n) is 4.34. The molecule has 0 saturated carbocycles. The first kappa shape index (κ1) is 15.6. The summed E-state index contributed by atoms with van der Waals surface area (Å²) >= 11 is 3.39. The third-order valence-electron chi connectivity index (χ3n) is 1.55. The van der Waals surface area contributed by atoms with Crippen LogP contribution in [0.3, 0.4) is 0 Å². The molecule has 0 aliphatic heterocycles. The maximum atomic E-state index is 3.75. The number of halogens is 1. The van der Waals surface area contributed by atoms with Gasteiger partial charge in [-0.1, -0.05) is 52.9 Å². The maximum Gasteiger partial charge on any atom is 0.0283 e. The lowest BCUT2D eigenvalue weighted by molar-refractivity contribution is 1.33. The Kier molecular flexibility index (Phi) is 11.5. The number of rotatable bonds is 4. The predicted octanol–water partition coefficient (Wildman–Crippen LogP) is 4.82. The molecule has 0 radical (unpaired) electrons. The molecule has 0 heterocycles. The van der Waals surface area contributed by atoms with E-state index in [-0.39, 0.29) is 0 Å². The highest BCUT2D eigenvalue weighted by Gasteiger charge is 1.92. The van der Waals surface area contributed by atoms with E-state index in [4.69, 9.17) is 0 Å². The molecule has 0 saturated heterocycles. The van der Waals surface area contributed by atoms with Crippen molar-refractivity contribution in [3.8, 4) is 0 Å². The largest absolute Gasteiger partial charge is 0.106 e. The van der Waals surface area contributed by atoms with Crippen LogP contribution >= 0.6 is 15.9 Å². The summed E-state index contributed by atoms with van der Waals surface area (Å²) in [6.07, 6.45) is 5.80. The van der Waals surface area contributed by atoms with Crippen LogP contribution in [0.25, 0.3) is 0 Å². The highest BCUT2D eigenvalue weighted by Crippen LogP contribution is 2.11. The van der Waals surface area contributed by atoms with E-state index in [0.29, 0.717) is 0 Å². The average molecular weight is 255 g/mol. The molecule has 0 aliphatic carbocycles. The van der Waals surface area contributed by atoms with Gasteiger partial charge >= 0.3 is 0 Å². The van der Waals surface area contributed by atoms with Crippen molar-refractivity contribution in [3.63, 3.8) is 0 Å². The second-order valence-corrected chi connectivity index (χ2v) is 3.28. The molecule has 0 aliphatic rings. The van der Waals surface area contributed by atoms with Crippen LogP contribution in [0.15, 0.2) is 61.3 Å². The molecule has 0 spiro atoms. The molecule has 78 valence electrons. The van der Waals surface area contributed by atoms with Gasteiger partial charge in [-0.2, -0.15) is 0 Å². The van der Waals surface area contributed by atoms with Crippen LogP contribution in [0.4, 0.5) is 0 Å². The molecular formula is C13H19Br. The Morgan fingerprint density at radius 2 is 1.64 bits per heavy atom. The fourth-order valence-electron chi connectivity index (χ4n) is 0.759. The summed E-state index contributed by atoms with van der Waals surface area (Å²) in [6, 6.07) is 0. The van der Waals surface area contributed by atoms with E-state index in [2.05, 4.69) is 62.2 Å². The molecule has 0 unspecified atom stereocenters. The van der Waals surface area contributed by atoms with E-state index >= 15 is 0 Å². The SMILES string of the molecule is C=C.C=CC(/C=C(\C=C)CBr)=C(C)C. The Morgan fingerprint density at radius 1 is 1.14 bits per heavy atom. The summed E-state index contributed by atoms with van der Waals surface area (Å²) in [5.74, 6) is 0. The smallest absolute Gasteiger partial charge is 0.0283 e. The van der Waals surface area contributed by atoms with Crippen molar-refractivity contribution in [1.82, 2.24) is 0 Å². The van der Waals surface area contributed by atoms with Crippen LogP contribution < -0.4 is 0 Å². The highest BCUT2D eigenvalue weighted by atomic mass is 79.9. The predicted molar refractivity (Wildman–Crippen MR) is 71.9 cm³/mol. The zero-order chi connectivity index (χ0) is 11.6. The summed E-state index contributed by atoms with van der Waals surface area (Å²) in [5.41, 5.74) is 3.61. The molecule has 0 rings (SSSR count). The Balaban J connectivity index is 0. The van der Waals surface area contributed by atoms with Crippen molar-refractivity contribution in [3.05, 3.63) is 61.3 Å². The monoisotopic (exact) mass is 254 g/mol. The van der Waals surface area contributed by atoms with E-state index in [0.717, 1.165) is 5.33 Å². The highest BCUT2D eigenvalue weighted by molar-refractivity contribution is 9.09. The molecule has 0 aromatic carbocycles.